The molecule has 2 amide bonds. The minimum absolute atomic E-state index is 0.00249. The van der Waals surface area contributed by atoms with E-state index in [1.54, 1.807) is 0 Å². The maximum absolute atomic E-state index is 11.9. The highest BCUT2D eigenvalue weighted by Crippen LogP contribution is 2.22. The molecule has 0 aliphatic carbocycles. The van der Waals surface area contributed by atoms with Crippen molar-refractivity contribution in [1.29, 1.82) is 0 Å². The van der Waals surface area contributed by atoms with Gasteiger partial charge < -0.3 is 10.4 Å². The highest BCUT2D eigenvalue weighted by Gasteiger charge is 2.29. The Morgan fingerprint density at radius 3 is 2.50 bits per heavy atom. The molecule has 1 aliphatic heterocycles. The van der Waals surface area contributed by atoms with Gasteiger partial charge in [0, 0.05) is 6.54 Å². The average Bonchev–Trinajstić information content (AvgIpc) is 2.86. The van der Waals surface area contributed by atoms with Crippen LogP contribution in [0.4, 0.5) is 5.69 Å². The molecule has 118 valence electrons. The van der Waals surface area contributed by atoms with Gasteiger partial charge in [0.15, 0.2) is 0 Å². The molecule has 1 heterocycles. The maximum atomic E-state index is 11.9. The first kappa shape index (κ1) is 16.1. The smallest absolute Gasteiger partial charge is 0.294 e. The molecule has 0 aromatic heterocycles. The van der Waals surface area contributed by atoms with Gasteiger partial charge in [-0.1, -0.05) is 0 Å². The van der Waals surface area contributed by atoms with Crippen LogP contribution in [0, 0.1) is 0 Å². The van der Waals surface area contributed by atoms with Gasteiger partial charge >= 0.3 is 0 Å². The third-order valence-corrected chi connectivity index (χ3v) is 3.68. The Morgan fingerprint density at radius 1 is 1.32 bits per heavy atom. The first-order valence-corrected chi connectivity index (χ1v) is 7.64. The Hall–Kier alpha value is -2.30. The lowest BCUT2D eigenvalue weighted by Gasteiger charge is -2.11. The minimum atomic E-state index is -4.32. The van der Waals surface area contributed by atoms with Crippen molar-refractivity contribution in [1.82, 2.24) is 5.32 Å². The van der Waals surface area contributed by atoms with Crippen molar-refractivity contribution in [3.8, 4) is 0 Å². The number of hydrogen-bond donors (Lipinski definition) is 3. The Kier molecular flexibility index (Phi) is 4.54. The summed E-state index contributed by atoms with van der Waals surface area (Å²) in [4.78, 5) is 23.2. The Labute approximate surface area is 126 Å². The number of aliphatic hydroxyl groups is 1. The number of hydrazone groups is 1. The number of nitrogens with zero attached hydrogens (tertiary/aromatic N) is 2. The summed E-state index contributed by atoms with van der Waals surface area (Å²) in [6.45, 7) is -0.178. The van der Waals surface area contributed by atoms with Crippen LogP contribution >= 0.6 is 0 Å². The fourth-order valence-corrected chi connectivity index (χ4v) is 2.27. The molecule has 9 nitrogen and oxygen atoms in total. The van der Waals surface area contributed by atoms with E-state index >= 15 is 0 Å². The summed E-state index contributed by atoms with van der Waals surface area (Å²) >= 11 is 0. The van der Waals surface area contributed by atoms with Crippen LogP contribution in [-0.4, -0.2) is 48.8 Å². The predicted molar refractivity (Wildman–Crippen MR) is 75.9 cm³/mol. The molecule has 3 N–H and O–H groups in total. The van der Waals surface area contributed by atoms with Crippen LogP contribution in [0.1, 0.15) is 6.42 Å². The number of aliphatic hydroxyl groups excluding tert-OH is 1. The average molecular weight is 327 g/mol. The molecule has 0 fully saturated rings. The van der Waals surface area contributed by atoms with Crippen molar-refractivity contribution in [2.45, 2.75) is 11.3 Å². The molecule has 2 rings (SSSR count). The number of rotatable bonds is 5. The largest absolute Gasteiger partial charge is 0.395 e. The van der Waals surface area contributed by atoms with Crippen molar-refractivity contribution >= 4 is 33.3 Å². The molecule has 0 atom stereocenters. The third kappa shape index (κ3) is 3.47. The summed E-state index contributed by atoms with van der Waals surface area (Å²) in [7, 11) is -4.32. The quantitative estimate of drug-likeness (QED) is 0.602. The molecule has 0 bridgehead atoms. The van der Waals surface area contributed by atoms with Crippen LogP contribution in [0.25, 0.3) is 0 Å². The number of carbonyl (C=O) groups excluding carboxylic acids is 2. The van der Waals surface area contributed by atoms with Crippen LogP contribution in [0.3, 0.4) is 0 Å². The molecule has 10 heteroatoms. The summed E-state index contributed by atoms with van der Waals surface area (Å²) in [5, 5.41) is 15.9. The minimum Gasteiger partial charge on any atom is -0.395 e. The fraction of sp³-hybridized carbons (Fsp3) is 0.250. The Bertz CT molecular complexity index is 726. The van der Waals surface area contributed by atoms with Gasteiger partial charge in [0.05, 0.1) is 23.6 Å². The Morgan fingerprint density at radius 2 is 1.95 bits per heavy atom. The number of nitrogens with one attached hydrogen (secondary N) is 1. The molecule has 1 aromatic carbocycles. The van der Waals surface area contributed by atoms with Crippen molar-refractivity contribution < 1.29 is 27.7 Å². The third-order valence-electron chi connectivity index (χ3n) is 2.81. The normalized spacial score (nSPS) is 14.9. The van der Waals surface area contributed by atoms with Crippen LogP contribution in [-0.2, 0) is 19.7 Å². The van der Waals surface area contributed by atoms with Gasteiger partial charge in [0.2, 0.25) is 0 Å². The highest BCUT2D eigenvalue weighted by molar-refractivity contribution is 7.85. The van der Waals surface area contributed by atoms with Gasteiger partial charge in [-0.05, 0) is 24.3 Å². The summed E-state index contributed by atoms with van der Waals surface area (Å²) in [5.74, 6) is -1.01. The zero-order chi connectivity index (χ0) is 16.3. The number of anilines is 1. The second kappa shape index (κ2) is 6.22. The molecular weight excluding hydrogens is 314 g/mol. The monoisotopic (exact) mass is 327 g/mol. The van der Waals surface area contributed by atoms with Gasteiger partial charge in [0.25, 0.3) is 21.9 Å². The molecule has 0 unspecified atom stereocenters. The summed E-state index contributed by atoms with van der Waals surface area (Å²) in [6, 6.07) is 4.83. The summed E-state index contributed by atoms with van der Waals surface area (Å²) < 4.78 is 30.8. The van der Waals surface area contributed by atoms with Crippen molar-refractivity contribution in [2.75, 3.05) is 18.2 Å². The van der Waals surface area contributed by atoms with Crippen molar-refractivity contribution in [3.05, 3.63) is 24.3 Å². The van der Waals surface area contributed by atoms with E-state index in [-0.39, 0.29) is 35.9 Å². The SMILES string of the molecule is O=C(NCCO)C1=NN(c2ccc(S(=O)(=O)O)cc2)C(=O)C1. The van der Waals surface area contributed by atoms with E-state index in [0.29, 0.717) is 0 Å². The van der Waals surface area contributed by atoms with E-state index in [1.807, 2.05) is 0 Å². The van der Waals surface area contributed by atoms with Crippen LogP contribution in [0.15, 0.2) is 34.3 Å². The predicted octanol–water partition coefficient (Wildman–Crippen LogP) is -0.865. The van der Waals surface area contributed by atoms with Crippen LogP contribution < -0.4 is 10.3 Å². The number of amides is 2. The molecule has 1 aromatic rings. The van der Waals surface area contributed by atoms with Gasteiger partial charge in [-0.15, -0.1) is 0 Å². The molecular formula is C12H13N3O6S. The van der Waals surface area contributed by atoms with Gasteiger partial charge in [-0.3, -0.25) is 14.1 Å². The summed E-state index contributed by atoms with van der Waals surface area (Å²) in [6.07, 6.45) is -0.197. The van der Waals surface area contributed by atoms with E-state index in [0.717, 1.165) is 17.1 Å². The zero-order valence-electron chi connectivity index (χ0n) is 11.3. The van der Waals surface area contributed by atoms with Gasteiger partial charge in [-0.2, -0.15) is 18.5 Å². The van der Waals surface area contributed by atoms with Crippen LogP contribution in [0.5, 0.6) is 0 Å². The van der Waals surface area contributed by atoms with Crippen molar-refractivity contribution in [3.63, 3.8) is 0 Å². The molecule has 0 saturated heterocycles. The maximum Gasteiger partial charge on any atom is 0.294 e. The lowest BCUT2D eigenvalue weighted by molar-refractivity contribution is -0.118. The zero-order valence-corrected chi connectivity index (χ0v) is 12.1. The number of benzene rings is 1. The van der Waals surface area contributed by atoms with Crippen LogP contribution in [0.2, 0.25) is 0 Å². The lowest BCUT2D eigenvalue weighted by atomic mass is 10.2. The second-order valence-electron chi connectivity index (χ2n) is 4.38. The topological polar surface area (TPSA) is 136 Å². The molecule has 1 aliphatic rings. The van der Waals surface area contributed by atoms with E-state index in [4.69, 9.17) is 9.66 Å². The van der Waals surface area contributed by atoms with Gasteiger partial charge in [-0.25, -0.2) is 0 Å². The Balaban J connectivity index is 2.20. The second-order valence-corrected chi connectivity index (χ2v) is 5.80. The lowest BCUT2D eigenvalue weighted by Crippen LogP contribution is -2.32. The first-order valence-electron chi connectivity index (χ1n) is 6.20. The van der Waals surface area contributed by atoms with E-state index in [9.17, 15) is 18.0 Å². The molecule has 0 spiro atoms. The molecule has 0 radical (unpaired) electrons. The standard InChI is InChI=1S/C12H13N3O6S/c16-6-5-13-12(18)10-7-11(17)15(14-10)8-1-3-9(4-2-8)22(19,20)21/h1-4,16H,5-7H2,(H,13,18)(H,19,20,21). The van der Waals surface area contributed by atoms with E-state index < -0.39 is 21.9 Å². The number of hydrogen-bond acceptors (Lipinski definition) is 6. The molecule has 22 heavy (non-hydrogen) atoms. The van der Waals surface area contributed by atoms with E-state index in [1.165, 1.54) is 12.1 Å². The van der Waals surface area contributed by atoms with E-state index in [2.05, 4.69) is 10.4 Å². The van der Waals surface area contributed by atoms with Crippen molar-refractivity contribution in [2.24, 2.45) is 5.10 Å². The first-order chi connectivity index (χ1) is 10.3. The summed E-state index contributed by atoms with van der Waals surface area (Å²) in [5.41, 5.74) is 0.264. The molecule has 0 saturated carbocycles. The van der Waals surface area contributed by atoms with Gasteiger partial charge in [0.1, 0.15) is 5.71 Å². The number of carbonyl (C=O) groups is 2. The highest BCUT2D eigenvalue weighted by atomic mass is 32.2. The fourth-order valence-electron chi connectivity index (χ4n) is 1.79.